The summed E-state index contributed by atoms with van der Waals surface area (Å²) in [5.74, 6) is 0. The Balaban J connectivity index is 0.000000186. The first kappa shape index (κ1) is 32.8. The van der Waals surface area contributed by atoms with E-state index in [-0.39, 0.29) is 13.1 Å². The van der Waals surface area contributed by atoms with E-state index in [1.165, 1.54) is 4.31 Å². The van der Waals surface area contributed by atoms with Crippen molar-refractivity contribution in [2.75, 3.05) is 52.4 Å². The minimum Gasteiger partial charge on any atom is -0.444 e. The predicted molar refractivity (Wildman–Crippen MR) is 176 cm³/mol. The van der Waals surface area contributed by atoms with Crippen molar-refractivity contribution in [3.8, 4) is 0 Å². The van der Waals surface area contributed by atoms with Gasteiger partial charge in [0.05, 0.1) is 9.79 Å². The largest absolute Gasteiger partial charge is 0.444 e. The van der Waals surface area contributed by atoms with Crippen molar-refractivity contribution in [3.63, 3.8) is 0 Å². The molecule has 2 aliphatic rings. The van der Waals surface area contributed by atoms with E-state index < -0.39 is 31.7 Å². The number of piperazine rings is 2. The number of carbonyl (C=O) groups excluding carboxylic acids is 1. The first-order valence-corrected chi connectivity index (χ1v) is 17.9. The highest BCUT2D eigenvalue weighted by molar-refractivity contribution is 7.89. The van der Waals surface area contributed by atoms with Crippen molar-refractivity contribution in [1.29, 1.82) is 0 Å². The molecule has 240 valence electrons. The molecule has 2 heterocycles. The molecular weight excluding hydrogens is 613 g/mol. The maximum absolute atomic E-state index is 13.1. The Morgan fingerprint density at radius 2 is 1.04 bits per heavy atom. The summed E-state index contributed by atoms with van der Waals surface area (Å²) >= 11 is 0. The monoisotopic (exact) mass is 652 g/mol. The summed E-state index contributed by atoms with van der Waals surface area (Å²) in [7, 11) is -7.01. The second kappa shape index (κ2) is 13.4. The van der Waals surface area contributed by atoms with E-state index in [0.29, 0.717) is 54.4 Å². The van der Waals surface area contributed by atoms with Crippen molar-refractivity contribution < 1.29 is 26.4 Å². The van der Waals surface area contributed by atoms with Gasteiger partial charge in [-0.25, -0.2) is 21.6 Å². The smallest absolute Gasteiger partial charge is 0.410 e. The van der Waals surface area contributed by atoms with Gasteiger partial charge in [-0.2, -0.15) is 8.61 Å². The lowest BCUT2D eigenvalue weighted by molar-refractivity contribution is 0.0192. The van der Waals surface area contributed by atoms with Crippen LogP contribution in [0.25, 0.3) is 21.5 Å². The molecule has 6 rings (SSSR count). The Bertz CT molecular complexity index is 1870. The van der Waals surface area contributed by atoms with Crippen molar-refractivity contribution in [2.45, 2.75) is 36.2 Å². The van der Waals surface area contributed by atoms with Crippen LogP contribution >= 0.6 is 0 Å². The lowest BCUT2D eigenvalue weighted by Crippen LogP contribution is -2.51. The number of benzene rings is 4. The molecule has 2 aliphatic heterocycles. The first-order valence-electron chi connectivity index (χ1n) is 15.0. The summed E-state index contributed by atoms with van der Waals surface area (Å²) in [4.78, 5) is 14.4. The van der Waals surface area contributed by atoms with Gasteiger partial charge in [-0.3, -0.25) is 0 Å². The van der Waals surface area contributed by atoms with Crippen molar-refractivity contribution in [3.05, 3.63) is 84.9 Å². The highest BCUT2D eigenvalue weighted by atomic mass is 32.2. The fourth-order valence-electron chi connectivity index (χ4n) is 5.44. The molecule has 0 atom stereocenters. The van der Waals surface area contributed by atoms with Gasteiger partial charge in [0.25, 0.3) is 0 Å². The molecule has 4 aromatic carbocycles. The van der Waals surface area contributed by atoms with Gasteiger partial charge in [0.1, 0.15) is 5.60 Å². The summed E-state index contributed by atoms with van der Waals surface area (Å²) in [6.07, 6.45) is -0.403. The third-order valence-electron chi connectivity index (χ3n) is 7.70. The molecule has 0 bridgehead atoms. The summed E-state index contributed by atoms with van der Waals surface area (Å²) in [6.45, 7) is 9.07. The Kier molecular flexibility index (Phi) is 9.80. The third-order valence-corrected chi connectivity index (χ3v) is 11.6. The molecule has 4 aromatic rings. The third kappa shape index (κ3) is 7.47. The van der Waals surface area contributed by atoms with E-state index in [0.717, 1.165) is 16.2 Å². The molecular formula is C33H40N4O6S2. The normalized spacial score (nSPS) is 17.1. The number of hydrogen-bond acceptors (Lipinski definition) is 7. The number of rotatable bonds is 4. The molecule has 1 N–H and O–H groups in total. The lowest BCUT2D eigenvalue weighted by Gasteiger charge is -2.35. The van der Waals surface area contributed by atoms with Gasteiger partial charge in [0.2, 0.25) is 20.0 Å². The fourth-order valence-corrected chi connectivity index (χ4v) is 8.73. The second-order valence-corrected chi connectivity index (χ2v) is 15.8. The van der Waals surface area contributed by atoms with Crippen LogP contribution in [-0.4, -0.2) is 94.4 Å². The van der Waals surface area contributed by atoms with E-state index in [1.807, 2.05) is 81.4 Å². The van der Waals surface area contributed by atoms with E-state index in [2.05, 4.69) is 5.32 Å². The zero-order valence-electron chi connectivity index (χ0n) is 25.8. The highest BCUT2D eigenvalue weighted by Gasteiger charge is 2.33. The molecule has 2 fully saturated rings. The molecule has 0 radical (unpaired) electrons. The van der Waals surface area contributed by atoms with Crippen LogP contribution in [0.15, 0.2) is 94.7 Å². The molecule has 0 aliphatic carbocycles. The summed E-state index contributed by atoms with van der Waals surface area (Å²) in [5, 5.41) is 6.52. The van der Waals surface area contributed by atoms with Crippen LogP contribution in [0.2, 0.25) is 0 Å². The molecule has 12 heteroatoms. The number of amides is 1. The molecule has 10 nitrogen and oxygen atoms in total. The lowest BCUT2D eigenvalue weighted by atomic mass is 10.1. The van der Waals surface area contributed by atoms with Crippen LogP contribution in [0.1, 0.15) is 20.8 Å². The van der Waals surface area contributed by atoms with Gasteiger partial charge < -0.3 is 15.0 Å². The SMILES string of the molecule is CC(C)(C)OC(=O)N1CCN(S(=O)(=O)c2cccc3ccccc23)CC1.O=S(=O)(c1cccc2ccccc12)N1CCNCC1. The Hall–Kier alpha value is -3.55. The molecule has 2 saturated heterocycles. The molecule has 0 aromatic heterocycles. The van der Waals surface area contributed by atoms with Crippen LogP contribution in [0.5, 0.6) is 0 Å². The van der Waals surface area contributed by atoms with Crippen LogP contribution in [0.4, 0.5) is 4.79 Å². The van der Waals surface area contributed by atoms with Gasteiger partial charge in [-0.1, -0.05) is 72.8 Å². The van der Waals surface area contributed by atoms with Gasteiger partial charge >= 0.3 is 6.09 Å². The van der Waals surface area contributed by atoms with E-state index >= 15 is 0 Å². The van der Waals surface area contributed by atoms with Crippen molar-refractivity contribution >= 4 is 47.7 Å². The Morgan fingerprint density at radius 1 is 0.622 bits per heavy atom. The fraction of sp³-hybridized carbons (Fsp3) is 0.364. The number of fused-ring (bicyclic) bond motifs is 2. The number of hydrogen-bond donors (Lipinski definition) is 1. The van der Waals surface area contributed by atoms with Crippen LogP contribution in [-0.2, 0) is 24.8 Å². The number of carbonyl (C=O) groups is 1. The minimum absolute atomic E-state index is 0.255. The van der Waals surface area contributed by atoms with Gasteiger partial charge in [-0.15, -0.1) is 0 Å². The Labute approximate surface area is 265 Å². The maximum atomic E-state index is 13.1. The topological polar surface area (TPSA) is 116 Å². The highest BCUT2D eigenvalue weighted by Crippen LogP contribution is 2.27. The predicted octanol–water partition coefficient (Wildman–Crippen LogP) is 4.51. The van der Waals surface area contributed by atoms with Gasteiger partial charge in [-0.05, 0) is 43.7 Å². The zero-order valence-corrected chi connectivity index (χ0v) is 27.5. The van der Waals surface area contributed by atoms with Crippen LogP contribution in [0.3, 0.4) is 0 Å². The molecule has 45 heavy (non-hydrogen) atoms. The van der Waals surface area contributed by atoms with Gasteiger partial charge in [0.15, 0.2) is 0 Å². The average molecular weight is 653 g/mol. The minimum atomic E-state index is -3.62. The maximum Gasteiger partial charge on any atom is 0.410 e. The van der Waals surface area contributed by atoms with E-state index in [9.17, 15) is 21.6 Å². The van der Waals surface area contributed by atoms with Crippen molar-refractivity contribution in [2.24, 2.45) is 0 Å². The first-order chi connectivity index (χ1) is 21.4. The number of nitrogens with one attached hydrogen (secondary N) is 1. The second-order valence-electron chi connectivity index (χ2n) is 12.0. The number of sulfonamides is 2. The van der Waals surface area contributed by atoms with Crippen molar-refractivity contribution in [1.82, 2.24) is 18.8 Å². The number of ether oxygens (including phenoxy) is 1. The molecule has 0 saturated carbocycles. The van der Waals surface area contributed by atoms with Crippen LogP contribution < -0.4 is 5.32 Å². The van der Waals surface area contributed by atoms with Gasteiger partial charge in [0, 0.05) is 63.1 Å². The van der Waals surface area contributed by atoms with E-state index in [4.69, 9.17) is 4.74 Å². The standard InChI is InChI=1S/C19H24N2O4S.C14H16N2O2S/c1-19(2,3)25-18(22)20-11-13-21(14-12-20)26(23,24)17-10-6-8-15-7-4-5-9-16(15)17;17-19(18,16-10-8-15-9-11-16)14-7-3-5-12-4-1-2-6-13(12)14/h4-10H,11-14H2,1-3H3;1-7,15H,8-11H2. The molecule has 1 amide bonds. The summed E-state index contributed by atoms with van der Waals surface area (Å²) in [6, 6.07) is 25.8. The van der Waals surface area contributed by atoms with E-state index in [1.54, 1.807) is 33.5 Å². The summed E-state index contributed by atoms with van der Waals surface area (Å²) < 4.78 is 60.0. The molecule has 0 spiro atoms. The quantitative estimate of drug-likeness (QED) is 0.345. The average Bonchev–Trinajstić information content (AvgIpc) is 3.04. The van der Waals surface area contributed by atoms with Crippen LogP contribution in [0, 0.1) is 0 Å². The Morgan fingerprint density at radius 3 is 1.51 bits per heavy atom. The summed E-state index contributed by atoms with van der Waals surface area (Å²) in [5.41, 5.74) is -0.566. The molecule has 0 unspecified atom stereocenters. The zero-order chi connectivity index (χ0) is 32.2. The number of nitrogens with zero attached hydrogens (tertiary/aromatic N) is 3.